The Morgan fingerprint density at radius 3 is 1.98 bits per heavy atom. The number of aliphatic hydroxyl groups is 1. The Kier molecular flexibility index (Phi) is 29.9. The fourth-order valence-corrected chi connectivity index (χ4v) is 11.8. The molecule has 8 rings (SSSR count). The monoisotopic (exact) mass is 1380 g/mol. The van der Waals surface area contributed by atoms with Gasteiger partial charge in [0.25, 0.3) is 11.5 Å². The average molecular weight is 1380 g/mol. The van der Waals surface area contributed by atoms with E-state index in [1.54, 1.807) is 64.4 Å². The lowest BCUT2D eigenvalue weighted by atomic mass is 9.81. The Hall–Kier alpha value is -8.46. The summed E-state index contributed by atoms with van der Waals surface area (Å²) in [7, 11) is 0. The number of carbonyl (C=O) groups is 6. The zero-order valence-corrected chi connectivity index (χ0v) is 56.5. The van der Waals surface area contributed by atoms with Gasteiger partial charge in [-0.3, -0.25) is 24.0 Å². The van der Waals surface area contributed by atoms with Crippen LogP contribution in [0.5, 0.6) is 0 Å². The fraction of sp³-hybridized carbons (Fsp3) is 0.559. The first-order valence-electron chi connectivity index (χ1n) is 33.4. The van der Waals surface area contributed by atoms with E-state index in [1.165, 1.54) is 10.6 Å². The number of azide groups is 1. The first kappa shape index (κ1) is 76.3. The number of pyridine rings is 2. The number of halogens is 1. The molecule has 2 aromatic carbocycles. The van der Waals surface area contributed by atoms with Crippen molar-refractivity contribution < 1.29 is 85.6 Å². The molecule has 6 amide bonds. The highest BCUT2D eigenvalue weighted by atomic mass is 19.1. The molecule has 0 saturated carbocycles. The molecule has 538 valence electrons. The second kappa shape index (κ2) is 38.8. The Balaban J connectivity index is 0.725. The molecule has 0 radical (unpaired) electrons. The predicted octanol–water partition coefficient (Wildman–Crippen LogP) is 4.66. The van der Waals surface area contributed by atoms with Crippen LogP contribution in [0, 0.1) is 18.7 Å². The number of nitrogens with zero attached hydrogens (tertiary/aromatic N) is 6. The zero-order chi connectivity index (χ0) is 70.7. The van der Waals surface area contributed by atoms with Crippen molar-refractivity contribution in [2.75, 3.05) is 137 Å². The molecule has 4 atom stereocenters. The Bertz CT molecular complexity index is 3680. The zero-order valence-electron chi connectivity index (χ0n) is 56.5. The molecule has 2 aliphatic heterocycles. The first-order chi connectivity index (χ1) is 47.9. The summed E-state index contributed by atoms with van der Waals surface area (Å²) in [6, 6.07) is 8.34. The number of aryl methyl sites for hydroxylation is 1. The standard InChI is InChI=1S/C68H91FN12O18/c1-5-68(89)51-37-56-61-49(41-81(56)65(86)50(51)42-99-66(68)87)59-53(13-12-48-44(4)52(69)38-55(75-61)58(48)59)76-62(83)46-14-18-80(40-46)39-45-8-10-47(11-9-45)74-63(84)54(7-6-16-72-67(70)88)77-64(85)60(43(2)3)78-57(82)15-19-90-21-23-92-25-27-94-29-31-96-33-35-98-36-34-97-32-30-95-28-26-93-24-22-91-20-17-73-79-71/h8-11,14,18,37-38,40,43,53-54,60,89H,5-7,12-13,15-17,19-36,39,41-42H2,1-4H3,(H,74,84)(H,76,83)(H,77,85)(H,78,82)(H3,70,72,88)/t53-,54-,60-,68-/m0/s1. The van der Waals surface area contributed by atoms with Crippen molar-refractivity contribution in [1.29, 1.82) is 0 Å². The lowest BCUT2D eigenvalue weighted by molar-refractivity contribution is -0.172. The number of ether oxygens (including phenoxy) is 10. The summed E-state index contributed by atoms with van der Waals surface area (Å²) >= 11 is 0. The number of aromatic nitrogens is 3. The molecular formula is C68H91FN12O18. The van der Waals surface area contributed by atoms with E-state index in [9.17, 15) is 38.7 Å². The molecule has 3 aliphatic rings. The minimum absolute atomic E-state index is 0.0312. The number of nitrogens with two attached hydrogens (primary N) is 1. The lowest BCUT2D eigenvalue weighted by Gasteiger charge is -2.31. The van der Waals surface area contributed by atoms with Gasteiger partial charge in [0, 0.05) is 71.6 Å². The third-order valence-electron chi connectivity index (χ3n) is 17.0. The van der Waals surface area contributed by atoms with Crippen LogP contribution in [0.4, 0.5) is 14.9 Å². The number of urea groups is 1. The molecule has 1 aliphatic carbocycles. The number of nitrogens with one attached hydrogen (secondary N) is 5. The van der Waals surface area contributed by atoms with Crippen molar-refractivity contribution in [1.82, 2.24) is 35.4 Å². The normalized spacial score (nSPS) is 15.7. The Morgan fingerprint density at radius 2 is 1.40 bits per heavy atom. The summed E-state index contributed by atoms with van der Waals surface area (Å²) in [6.45, 7) is 14.2. The van der Waals surface area contributed by atoms with Gasteiger partial charge in [0.05, 0.1) is 160 Å². The second-order valence-corrected chi connectivity index (χ2v) is 24.1. The minimum atomic E-state index is -2.04. The number of benzene rings is 2. The van der Waals surface area contributed by atoms with Gasteiger partial charge in [-0.25, -0.2) is 19.0 Å². The number of hydrogen-bond donors (Lipinski definition) is 7. The minimum Gasteiger partial charge on any atom is -0.458 e. The van der Waals surface area contributed by atoms with Gasteiger partial charge in [-0.2, -0.15) is 0 Å². The molecule has 0 bridgehead atoms. The maximum Gasteiger partial charge on any atom is 0.343 e. The SMILES string of the molecule is CC[C@@]1(O)C(=O)OCc2c1cc1n(c2=O)Cc2c-1nc1cc(F)c(C)c3c1c2[C@@H](NC(=O)c1ccn(Cc2ccc(NC(=O)[C@H](CCCNC(N)=O)NC(=O)[C@@H](NC(=O)CCOCCOCCOCCOCCOCCOCCOCCOCCOCCN=[N+]=[N-])C(C)C)cc2)c1)CC3. The molecule has 0 spiro atoms. The van der Waals surface area contributed by atoms with E-state index in [4.69, 9.17) is 63.6 Å². The number of carbonyl (C=O) groups excluding carboxylic acids is 6. The molecular weight excluding hydrogens is 1290 g/mol. The molecule has 5 heterocycles. The van der Waals surface area contributed by atoms with E-state index in [0.717, 1.165) is 16.7 Å². The van der Waals surface area contributed by atoms with Gasteiger partial charge in [-0.15, -0.1) is 0 Å². The van der Waals surface area contributed by atoms with Crippen LogP contribution in [0.1, 0.15) is 108 Å². The summed E-state index contributed by atoms with van der Waals surface area (Å²) in [4.78, 5) is 101. The molecule has 0 unspecified atom stereocenters. The van der Waals surface area contributed by atoms with Crippen LogP contribution in [-0.4, -0.2) is 199 Å². The largest absolute Gasteiger partial charge is 0.458 e. The molecule has 5 aromatic rings. The highest BCUT2D eigenvalue weighted by molar-refractivity contribution is 5.99. The predicted molar refractivity (Wildman–Crippen MR) is 358 cm³/mol. The maximum atomic E-state index is 15.6. The summed E-state index contributed by atoms with van der Waals surface area (Å²) in [5.41, 5.74) is 16.8. The van der Waals surface area contributed by atoms with Crippen LogP contribution in [-0.2, 0) is 98.3 Å². The van der Waals surface area contributed by atoms with Gasteiger partial charge >= 0.3 is 12.0 Å². The summed E-state index contributed by atoms with van der Waals surface area (Å²) in [5.74, 6) is -3.54. The summed E-state index contributed by atoms with van der Waals surface area (Å²) in [5, 5.41) is 29.7. The molecule has 8 N–H and O–H groups in total. The highest BCUT2D eigenvalue weighted by Crippen LogP contribution is 2.46. The van der Waals surface area contributed by atoms with E-state index in [0.29, 0.717) is 170 Å². The summed E-state index contributed by atoms with van der Waals surface area (Å²) in [6.07, 6.45) is 4.71. The van der Waals surface area contributed by atoms with Gasteiger partial charge in [-0.1, -0.05) is 38.0 Å². The van der Waals surface area contributed by atoms with Gasteiger partial charge in [0.2, 0.25) is 17.7 Å². The third-order valence-corrected chi connectivity index (χ3v) is 17.0. The first-order valence-corrected chi connectivity index (χ1v) is 33.4. The average Bonchev–Trinajstić information content (AvgIpc) is 1.62. The fourth-order valence-electron chi connectivity index (χ4n) is 11.8. The van der Waals surface area contributed by atoms with E-state index in [-0.39, 0.29) is 88.2 Å². The maximum absolute atomic E-state index is 15.6. The molecule has 99 heavy (non-hydrogen) atoms. The number of hydrogen-bond acceptors (Lipinski definition) is 20. The lowest BCUT2D eigenvalue weighted by Crippen LogP contribution is -2.54. The van der Waals surface area contributed by atoms with Gasteiger partial charge in [-0.05, 0) is 97.0 Å². The van der Waals surface area contributed by atoms with E-state index in [1.807, 2.05) is 16.7 Å². The quantitative estimate of drug-likeness (QED) is 0.00898. The van der Waals surface area contributed by atoms with Crippen LogP contribution in [0.2, 0.25) is 0 Å². The number of esters is 1. The van der Waals surface area contributed by atoms with Crippen LogP contribution in [0.3, 0.4) is 0 Å². The number of cyclic esters (lactones) is 1. The number of amides is 6. The van der Waals surface area contributed by atoms with Gasteiger partial charge < -0.3 is 93.9 Å². The third kappa shape index (κ3) is 21.5. The van der Waals surface area contributed by atoms with Crippen molar-refractivity contribution in [3.05, 3.63) is 126 Å². The Morgan fingerprint density at radius 1 is 0.808 bits per heavy atom. The highest BCUT2D eigenvalue weighted by Gasteiger charge is 2.46. The van der Waals surface area contributed by atoms with Crippen LogP contribution >= 0.6 is 0 Å². The van der Waals surface area contributed by atoms with Crippen molar-refractivity contribution >= 4 is 52.2 Å². The van der Waals surface area contributed by atoms with Crippen molar-refractivity contribution in [2.24, 2.45) is 16.8 Å². The van der Waals surface area contributed by atoms with Crippen molar-refractivity contribution in [3.63, 3.8) is 0 Å². The topological polar surface area (TPSA) is 390 Å². The number of fused-ring (bicyclic) bond motifs is 5. The molecule has 0 fully saturated rings. The van der Waals surface area contributed by atoms with Crippen molar-refractivity contribution in [2.45, 2.75) is 110 Å². The summed E-state index contributed by atoms with van der Waals surface area (Å²) < 4.78 is 73.5. The second-order valence-electron chi connectivity index (χ2n) is 24.1. The number of anilines is 1. The van der Waals surface area contributed by atoms with Crippen LogP contribution in [0.25, 0.3) is 32.7 Å². The Labute approximate surface area is 572 Å². The molecule has 3 aromatic heterocycles. The van der Waals surface area contributed by atoms with E-state index < -0.39 is 64.8 Å². The molecule has 30 nitrogen and oxygen atoms in total. The van der Waals surface area contributed by atoms with Gasteiger partial charge in [0.1, 0.15) is 24.5 Å². The van der Waals surface area contributed by atoms with Crippen molar-refractivity contribution in [3.8, 4) is 11.4 Å². The van der Waals surface area contributed by atoms with Crippen LogP contribution in [0.15, 0.2) is 64.8 Å². The van der Waals surface area contributed by atoms with E-state index >= 15 is 4.39 Å². The van der Waals surface area contributed by atoms with E-state index in [2.05, 4.69) is 36.6 Å². The number of primary amides is 1. The molecule has 31 heteroatoms. The van der Waals surface area contributed by atoms with Crippen LogP contribution < -0.4 is 37.9 Å². The molecule has 0 saturated heterocycles. The smallest absolute Gasteiger partial charge is 0.343 e. The number of rotatable bonds is 45. The van der Waals surface area contributed by atoms with Gasteiger partial charge in [0.15, 0.2) is 5.60 Å².